The Morgan fingerprint density at radius 2 is 1.94 bits per heavy atom. The second kappa shape index (κ2) is 4.82. The highest BCUT2D eigenvalue weighted by atomic mass is 16.5. The lowest BCUT2D eigenvalue weighted by Crippen LogP contribution is -2.17. The number of H-pyrrole nitrogens is 1. The van der Waals surface area contributed by atoms with Crippen molar-refractivity contribution in [1.82, 2.24) is 9.97 Å². The van der Waals surface area contributed by atoms with Gasteiger partial charge in [-0.3, -0.25) is 0 Å². The van der Waals surface area contributed by atoms with Gasteiger partial charge < -0.3 is 14.8 Å². The highest BCUT2D eigenvalue weighted by Crippen LogP contribution is 2.23. The van der Waals surface area contributed by atoms with Crippen LogP contribution in [-0.4, -0.2) is 21.7 Å². The Morgan fingerprint density at radius 3 is 2.44 bits per heavy atom. The summed E-state index contributed by atoms with van der Waals surface area (Å²) < 4.78 is 5.39. The number of aromatic amines is 1. The Bertz CT molecular complexity index is 509. The van der Waals surface area contributed by atoms with E-state index in [1.807, 2.05) is 31.2 Å². The first-order chi connectivity index (χ1) is 8.50. The molecule has 0 spiro atoms. The van der Waals surface area contributed by atoms with Crippen LogP contribution in [0.25, 0.3) is 11.3 Å². The van der Waals surface area contributed by atoms with Crippen LogP contribution in [0.3, 0.4) is 0 Å². The predicted octanol–water partition coefficient (Wildman–Crippen LogP) is 2.70. The van der Waals surface area contributed by atoms with Crippen LogP contribution in [0.15, 0.2) is 30.5 Å². The molecule has 1 aromatic heterocycles. The van der Waals surface area contributed by atoms with Crippen LogP contribution < -0.4 is 4.74 Å². The molecule has 0 aliphatic rings. The van der Waals surface area contributed by atoms with Gasteiger partial charge in [0.15, 0.2) is 0 Å². The van der Waals surface area contributed by atoms with Crippen LogP contribution in [0.4, 0.5) is 0 Å². The topological polar surface area (TPSA) is 58.1 Å². The maximum atomic E-state index is 9.85. The van der Waals surface area contributed by atoms with Crippen LogP contribution in [-0.2, 0) is 5.60 Å². The quantitative estimate of drug-likeness (QED) is 0.872. The van der Waals surface area contributed by atoms with Crippen molar-refractivity contribution in [2.24, 2.45) is 0 Å². The minimum absolute atomic E-state index is 0.561. The molecule has 0 fully saturated rings. The summed E-state index contributed by atoms with van der Waals surface area (Å²) in [4.78, 5) is 7.30. The number of ether oxygens (including phenoxy) is 1. The minimum Gasteiger partial charge on any atom is -0.494 e. The van der Waals surface area contributed by atoms with E-state index >= 15 is 0 Å². The van der Waals surface area contributed by atoms with Gasteiger partial charge in [-0.25, -0.2) is 4.98 Å². The average molecular weight is 246 g/mol. The molecule has 2 rings (SSSR count). The van der Waals surface area contributed by atoms with E-state index in [-0.39, 0.29) is 0 Å². The van der Waals surface area contributed by atoms with Gasteiger partial charge in [-0.15, -0.1) is 0 Å². The molecule has 1 aromatic carbocycles. The molecule has 2 aromatic rings. The Morgan fingerprint density at radius 1 is 1.28 bits per heavy atom. The van der Waals surface area contributed by atoms with Gasteiger partial charge in [0.2, 0.25) is 0 Å². The first-order valence-corrected chi connectivity index (χ1v) is 6.02. The summed E-state index contributed by atoms with van der Waals surface area (Å²) in [7, 11) is 0. The number of aliphatic hydroxyl groups is 1. The highest BCUT2D eigenvalue weighted by molar-refractivity contribution is 5.59. The van der Waals surface area contributed by atoms with Gasteiger partial charge in [-0.05, 0) is 50.6 Å². The standard InChI is InChI=1S/C14H18N2O2/c1-4-18-11-7-5-10(6-8-11)12-9-15-13(16-12)14(2,3)17/h5-9,17H,4H2,1-3H3,(H,15,16). The Balaban J connectivity index is 2.23. The van der Waals surface area contributed by atoms with Gasteiger partial charge in [0.25, 0.3) is 0 Å². The van der Waals surface area contributed by atoms with Crippen LogP contribution in [0.1, 0.15) is 26.6 Å². The van der Waals surface area contributed by atoms with Crippen LogP contribution in [0, 0.1) is 0 Å². The molecular formula is C14H18N2O2. The molecule has 4 heteroatoms. The predicted molar refractivity (Wildman–Crippen MR) is 70.4 cm³/mol. The van der Waals surface area contributed by atoms with Crippen LogP contribution in [0.2, 0.25) is 0 Å². The van der Waals surface area contributed by atoms with E-state index in [9.17, 15) is 5.11 Å². The summed E-state index contributed by atoms with van der Waals surface area (Å²) in [6.07, 6.45) is 1.73. The molecule has 0 atom stereocenters. The molecule has 0 amide bonds. The molecule has 0 saturated heterocycles. The first kappa shape index (κ1) is 12.6. The molecule has 2 N–H and O–H groups in total. The number of nitrogens with zero attached hydrogens (tertiary/aromatic N) is 1. The molecule has 96 valence electrons. The molecule has 0 aliphatic carbocycles. The molecule has 0 radical (unpaired) electrons. The largest absolute Gasteiger partial charge is 0.494 e. The first-order valence-electron chi connectivity index (χ1n) is 6.02. The maximum absolute atomic E-state index is 9.85. The van der Waals surface area contributed by atoms with Crippen molar-refractivity contribution < 1.29 is 9.84 Å². The van der Waals surface area contributed by atoms with Gasteiger partial charge in [0, 0.05) is 0 Å². The van der Waals surface area contributed by atoms with Gasteiger partial charge in [0.05, 0.1) is 18.5 Å². The molecular weight excluding hydrogens is 228 g/mol. The number of rotatable bonds is 4. The third-order valence-electron chi connectivity index (χ3n) is 2.63. The zero-order valence-electron chi connectivity index (χ0n) is 10.9. The summed E-state index contributed by atoms with van der Waals surface area (Å²) in [5, 5.41) is 9.85. The Kier molecular flexibility index (Phi) is 3.39. The van der Waals surface area contributed by atoms with Crippen molar-refractivity contribution in [2.75, 3.05) is 6.61 Å². The summed E-state index contributed by atoms with van der Waals surface area (Å²) in [5.41, 5.74) is 0.945. The smallest absolute Gasteiger partial charge is 0.138 e. The third-order valence-corrected chi connectivity index (χ3v) is 2.63. The number of benzene rings is 1. The van der Waals surface area contributed by atoms with E-state index in [2.05, 4.69) is 9.97 Å². The summed E-state index contributed by atoms with van der Waals surface area (Å²) in [5.74, 6) is 1.41. The van der Waals surface area contributed by atoms with E-state index in [1.165, 1.54) is 0 Å². The molecule has 18 heavy (non-hydrogen) atoms. The van der Waals surface area contributed by atoms with Gasteiger partial charge in [-0.2, -0.15) is 0 Å². The van der Waals surface area contributed by atoms with E-state index in [1.54, 1.807) is 20.0 Å². The van der Waals surface area contributed by atoms with Crippen molar-refractivity contribution in [2.45, 2.75) is 26.4 Å². The molecule has 0 saturated carbocycles. The van der Waals surface area contributed by atoms with Crippen molar-refractivity contribution in [3.8, 4) is 17.0 Å². The fourth-order valence-electron chi connectivity index (χ4n) is 1.68. The summed E-state index contributed by atoms with van der Waals surface area (Å²) >= 11 is 0. The van der Waals surface area contributed by atoms with Crippen molar-refractivity contribution in [3.63, 3.8) is 0 Å². The van der Waals surface area contributed by atoms with Gasteiger partial charge in [-0.1, -0.05) is 0 Å². The van der Waals surface area contributed by atoms with E-state index < -0.39 is 5.60 Å². The minimum atomic E-state index is -0.955. The fourth-order valence-corrected chi connectivity index (χ4v) is 1.68. The lowest BCUT2D eigenvalue weighted by Gasteiger charge is -2.13. The lowest BCUT2D eigenvalue weighted by atomic mass is 10.1. The Hall–Kier alpha value is -1.81. The fraction of sp³-hybridized carbons (Fsp3) is 0.357. The third kappa shape index (κ3) is 2.71. The monoisotopic (exact) mass is 246 g/mol. The number of hydrogen-bond acceptors (Lipinski definition) is 3. The van der Waals surface area contributed by atoms with Gasteiger partial charge >= 0.3 is 0 Å². The zero-order valence-corrected chi connectivity index (χ0v) is 10.9. The summed E-state index contributed by atoms with van der Waals surface area (Å²) in [6.45, 7) is 6.02. The molecule has 0 aliphatic heterocycles. The van der Waals surface area contributed by atoms with Crippen LogP contribution >= 0.6 is 0 Å². The van der Waals surface area contributed by atoms with Crippen molar-refractivity contribution >= 4 is 0 Å². The van der Waals surface area contributed by atoms with E-state index in [0.717, 1.165) is 17.0 Å². The number of aromatic nitrogens is 2. The van der Waals surface area contributed by atoms with Crippen molar-refractivity contribution in [3.05, 3.63) is 36.3 Å². The SMILES string of the molecule is CCOc1ccc(-c2cnc(C(C)(C)O)[nH]2)cc1. The normalized spacial score (nSPS) is 11.6. The summed E-state index contributed by atoms with van der Waals surface area (Å²) in [6, 6.07) is 7.77. The maximum Gasteiger partial charge on any atom is 0.138 e. The number of hydrogen-bond donors (Lipinski definition) is 2. The van der Waals surface area contributed by atoms with E-state index in [0.29, 0.717) is 12.4 Å². The highest BCUT2D eigenvalue weighted by Gasteiger charge is 2.19. The zero-order chi connectivity index (χ0) is 13.2. The average Bonchev–Trinajstić information content (AvgIpc) is 2.79. The van der Waals surface area contributed by atoms with Gasteiger partial charge in [0.1, 0.15) is 17.2 Å². The van der Waals surface area contributed by atoms with E-state index in [4.69, 9.17) is 4.74 Å². The van der Waals surface area contributed by atoms with Crippen LogP contribution in [0.5, 0.6) is 5.75 Å². The molecule has 0 unspecified atom stereocenters. The number of imidazole rings is 1. The number of nitrogens with one attached hydrogen (secondary N) is 1. The Labute approximate surface area is 107 Å². The lowest BCUT2D eigenvalue weighted by molar-refractivity contribution is 0.0697. The molecule has 0 bridgehead atoms. The molecule has 1 heterocycles. The van der Waals surface area contributed by atoms with Crippen molar-refractivity contribution in [1.29, 1.82) is 0 Å². The molecule has 4 nitrogen and oxygen atoms in total. The second-order valence-corrected chi connectivity index (χ2v) is 4.66. The second-order valence-electron chi connectivity index (χ2n) is 4.66.